The van der Waals surface area contributed by atoms with Gasteiger partial charge in [0.1, 0.15) is 0 Å². The molecule has 76 valence electrons. The summed E-state index contributed by atoms with van der Waals surface area (Å²) in [4.78, 5) is 0. The van der Waals surface area contributed by atoms with Crippen molar-refractivity contribution in [3.63, 3.8) is 0 Å². The third-order valence-electron chi connectivity index (χ3n) is 3.14. The minimum Gasteiger partial charge on any atom is -0.324 e. The molecule has 2 heteroatoms. The third kappa shape index (κ3) is 2.18. The highest BCUT2D eigenvalue weighted by atomic mass is 79.9. The van der Waals surface area contributed by atoms with Gasteiger partial charge in [-0.15, -0.1) is 0 Å². The van der Waals surface area contributed by atoms with Crippen LogP contribution in [0.25, 0.3) is 0 Å². The van der Waals surface area contributed by atoms with E-state index in [0.29, 0.717) is 5.92 Å². The predicted octanol–water partition coefficient (Wildman–Crippen LogP) is 3.64. The van der Waals surface area contributed by atoms with Gasteiger partial charge in [-0.05, 0) is 36.5 Å². The van der Waals surface area contributed by atoms with Gasteiger partial charge in [-0.1, -0.05) is 40.9 Å². The van der Waals surface area contributed by atoms with E-state index in [2.05, 4.69) is 34.1 Å². The van der Waals surface area contributed by atoms with Crippen LogP contribution < -0.4 is 5.73 Å². The van der Waals surface area contributed by atoms with Crippen LogP contribution in [0.5, 0.6) is 0 Å². The summed E-state index contributed by atoms with van der Waals surface area (Å²) in [7, 11) is 0. The van der Waals surface area contributed by atoms with Gasteiger partial charge in [-0.3, -0.25) is 0 Å². The monoisotopic (exact) mass is 253 g/mol. The van der Waals surface area contributed by atoms with Gasteiger partial charge in [-0.25, -0.2) is 0 Å². The van der Waals surface area contributed by atoms with Crippen LogP contribution in [0.2, 0.25) is 0 Å². The molecule has 1 nitrogen and oxygen atoms in total. The Morgan fingerprint density at radius 1 is 1.29 bits per heavy atom. The van der Waals surface area contributed by atoms with E-state index in [1.165, 1.54) is 31.2 Å². The highest BCUT2D eigenvalue weighted by molar-refractivity contribution is 9.10. The van der Waals surface area contributed by atoms with Crippen molar-refractivity contribution in [3.05, 3.63) is 34.3 Å². The zero-order valence-electron chi connectivity index (χ0n) is 8.25. The Balaban J connectivity index is 2.13. The van der Waals surface area contributed by atoms with Gasteiger partial charge >= 0.3 is 0 Å². The summed E-state index contributed by atoms with van der Waals surface area (Å²) in [5.41, 5.74) is 7.52. The Hall–Kier alpha value is -0.340. The SMILES string of the molecule is NC(c1cccc(Br)c1)C1CCCC1. The molecule has 1 aromatic carbocycles. The van der Waals surface area contributed by atoms with Gasteiger partial charge < -0.3 is 5.73 Å². The van der Waals surface area contributed by atoms with E-state index in [9.17, 15) is 0 Å². The number of hydrogen-bond acceptors (Lipinski definition) is 1. The van der Waals surface area contributed by atoms with Crippen molar-refractivity contribution in [1.82, 2.24) is 0 Å². The highest BCUT2D eigenvalue weighted by Crippen LogP contribution is 2.34. The Kier molecular flexibility index (Phi) is 3.24. The third-order valence-corrected chi connectivity index (χ3v) is 3.63. The fourth-order valence-corrected chi connectivity index (χ4v) is 2.72. The molecule has 0 bridgehead atoms. The van der Waals surface area contributed by atoms with Crippen molar-refractivity contribution in [3.8, 4) is 0 Å². The van der Waals surface area contributed by atoms with Gasteiger partial charge in [0.25, 0.3) is 0 Å². The molecule has 2 rings (SSSR count). The lowest BCUT2D eigenvalue weighted by Crippen LogP contribution is -2.18. The first kappa shape index (κ1) is 10.2. The smallest absolute Gasteiger partial charge is 0.0323 e. The minimum absolute atomic E-state index is 0.231. The fraction of sp³-hybridized carbons (Fsp3) is 0.500. The topological polar surface area (TPSA) is 26.0 Å². The van der Waals surface area contributed by atoms with E-state index in [1.807, 2.05) is 6.07 Å². The number of halogens is 1. The van der Waals surface area contributed by atoms with Crippen LogP contribution in [-0.2, 0) is 0 Å². The summed E-state index contributed by atoms with van der Waals surface area (Å²) in [5.74, 6) is 0.698. The van der Waals surface area contributed by atoms with Crippen LogP contribution in [-0.4, -0.2) is 0 Å². The van der Waals surface area contributed by atoms with Crippen molar-refractivity contribution in [2.24, 2.45) is 11.7 Å². The molecular formula is C12H16BrN. The van der Waals surface area contributed by atoms with E-state index in [0.717, 1.165) is 4.47 Å². The molecule has 2 N–H and O–H groups in total. The maximum Gasteiger partial charge on any atom is 0.0323 e. The van der Waals surface area contributed by atoms with E-state index >= 15 is 0 Å². The van der Waals surface area contributed by atoms with Gasteiger partial charge in [0.15, 0.2) is 0 Å². The van der Waals surface area contributed by atoms with Crippen LogP contribution in [0.4, 0.5) is 0 Å². The molecule has 0 heterocycles. The average Bonchev–Trinajstić information content (AvgIpc) is 2.69. The molecule has 0 radical (unpaired) electrons. The van der Waals surface area contributed by atoms with E-state index in [4.69, 9.17) is 5.73 Å². The molecule has 0 aliphatic heterocycles. The zero-order valence-corrected chi connectivity index (χ0v) is 9.83. The standard InChI is InChI=1S/C12H16BrN/c13-11-7-3-6-10(8-11)12(14)9-4-1-2-5-9/h3,6-9,12H,1-2,4-5,14H2. The minimum atomic E-state index is 0.231. The van der Waals surface area contributed by atoms with Crippen molar-refractivity contribution < 1.29 is 0 Å². The fourth-order valence-electron chi connectivity index (χ4n) is 2.30. The summed E-state index contributed by atoms with van der Waals surface area (Å²) < 4.78 is 1.13. The molecule has 1 aromatic rings. The molecule has 1 aliphatic rings. The number of nitrogens with two attached hydrogens (primary N) is 1. The lowest BCUT2D eigenvalue weighted by molar-refractivity contribution is 0.445. The Morgan fingerprint density at radius 3 is 2.64 bits per heavy atom. The van der Waals surface area contributed by atoms with Crippen LogP contribution in [0.1, 0.15) is 37.3 Å². The second-order valence-corrected chi connectivity index (χ2v) is 5.04. The zero-order chi connectivity index (χ0) is 9.97. The Bertz CT molecular complexity index is 305. The van der Waals surface area contributed by atoms with Crippen molar-refractivity contribution in [1.29, 1.82) is 0 Å². The highest BCUT2D eigenvalue weighted by Gasteiger charge is 2.22. The summed E-state index contributed by atoms with van der Waals surface area (Å²) >= 11 is 3.48. The average molecular weight is 254 g/mol. The molecule has 1 atom stereocenters. The quantitative estimate of drug-likeness (QED) is 0.856. The van der Waals surface area contributed by atoms with Gasteiger partial charge in [-0.2, -0.15) is 0 Å². The number of hydrogen-bond donors (Lipinski definition) is 1. The molecule has 1 unspecified atom stereocenters. The Morgan fingerprint density at radius 2 is 2.00 bits per heavy atom. The second kappa shape index (κ2) is 4.45. The molecule has 0 aromatic heterocycles. The summed E-state index contributed by atoms with van der Waals surface area (Å²) in [6.07, 6.45) is 5.31. The van der Waals surface area contributed by atoms with E-state index in [1.54, 1.807) is 0 Å². The molecule has 1 fully saturated rings. The first-order chi connectivity index (χ1) is 6.77. The first-order valence-electron chi connectivity index (χ1n) is 5.28. The predicted molar refractivity (Wildman–Crippen MR) is 63.0 cm³/mol. The summed E-state index contributed by atoms with van der Waals surface area (Å²) in [5, 5.41) is 0. The van der Waals surface area contributed by atoms with E-state index < -0.39 is 0 Å². The molecule has 0 saturated heterocycles. The maximum absolute atomic E-state index is 6.25. The maximum atomic E-state index is 6.25. The van der Waals surface area contributed by atoms with Crippen LogP contribution >= 0.6 is 15.9 Å². The molecule has 0 spiro atoms. The van der Waals surface area contributed by atoms with Crippen molar-refractivity contribution in [2.75, 3.05) is 0 Å². The van der Waals surface area contributed by atoms with Gasteiger partial charge in [0.2, 0.25) is 0 Å². The lowest BCUT2D eigenvalue weighted by Gasteiger charge is -2.19. The number of benzene rings is 1. The largest absolute Gasteiger partial charge is 0.324 e. The number of rotatable bonds is 2. The molecule has 1 aliphatic carbocycles. The van der Waals surface area contributed by atoms with Crippen molar-refractivity contribution in [2.45, 2.75) is 31.7 Å². The summed E-state index contributed by atoms with van der Waals surface area (Å²) in [6, 6.07) is 8.62. The van der Waals surface area contributed by atoms with Crippen LogP contribution in [0, 0.1) is 5.92 Å². The molecule has 1 saturated carbocycles. The lowest BCUT2D eigenvalue weighted by atomic mass is 9.93. The van der Waals surface area contributed by atoms with Gasteiger partial charge in [0, 0.05) is 10.5 Å². The molecule has 0 amide bonds. The van der Waals surface area contributed by atoms with Gasteiger partial charge in [0.05, 0.1) is 0 Å². The Labute approximate surface area is 93.8 Å². The van der Waals surface area contributed by atoms with Crippen molar-refractivity contribution >= 4 is 15.9 Å². The van der Waals surface area contributed by atoms with E-state index in [-0.39, 0.29) is 6.04 Å². The van der Waals surface area contributed by atoms with Crippen LogP contribution in [0.3, 0.4) is 0 Å². The normalized spacial score (nSPS) is 19.9. The summed E-state index contributed by atoms with van der Waals surface area (Å²) in [6.45, 7) is 0. The first-order valence-corrected chi connectivity index (χ1v) is 6.08. The second-order valence-electron chi connectivity index (χ2n) is 4.13. The van der Waals surface area contributed by atoms with Crippen LogP contribution in [0.15, 0.2) is 28.7 Å². The molecular weight excluding hydrogens is 238 g/mol. The molecule has 14 heavy (non-hydrogen) atoms.